The normalized spacial score (nSPS) is 12.3. The van der Waals surface area contributed by atoms with Gasteiger partial charge < -0.3 is 24.4 Å². The summed E-state index contributed by atoms with van der Waals surface area (Å²) >= 11 is 0. The third-order valence-electron chi connectivity index (χ3n) is 1.24. The van der Waals surface area contributed by atoms with Gasteiger partial charge in [0.2, 0.25) is 0 Å². The summed E-state index contributed by atoms with van der Waals surface area (Å²) in [4.78, 5) is 20.5. The zero-order valence-electron chi connectivity index (χ0n) is 8.34. The van der Waals surface area contributed by atoms with Gasteiger partial charge in [-0.05, 0) is 6.92 Å². The maximum atomic E-state index is 10.5. The molecule has 88 valence electrons. The first kappa shape index (κ1) is 13.8. The van der Waals surface area contributed by atoms with Crippen LogP contribution in [0.15, 0.2) is 0 Å². The van der Waals surface area contributed by atoms with E-state index < -0.39 is 24.8 Å². The molecule has 1 unspecified atom stereocenters. The molecule has 7 nitrogen and oxygen atoms in total. The van der Waals surface area contributed by atoms with Crippen LogP contribution in [0.25, 0.3) is 0 Å². The summed E-state index contributed by atoms with van der Waals surface area (Å²) in [5, 5.41) is 16.8. The Balaban J connectivity index is 3.53. The molecule has 0 aliphatic carbocycles. The lowest BCUT2D eigenvalue weighted by molar-refractivity contribution is -0.191. The van der Waals surface area contributed by atoms with Crippen LogP contribution in [0.4, 0.5) is 0 Å². The molecule has 1 atom stereocenters. The molecule has 0 aliphatic rings. The first-order valence-corrected chi connectivity index (χ1v) is 4.33. The number of rotatable bonds is 9. The van der Waals surface area contributed by atoms with Crippen molar-refractivity contribution in [2.45, 2.75) is 13.2 Å². The fraction of sp³-hybridized carbons (Fsp3) is 0.750. The SMILES string of the molecule is CCOC(OCCOCC(=O)O)C(=O)O. The second kappa shape index (κ2) is 8.16. The van der Waals surface area contributed by atoms with Gasteiger partial charge in [0.1, 0.15) is 6.61 Å². The highest BCUT2D eigenvalue weighted by Gasteiger charge is 2.17. The number of carboxylic acid groups (broad SMARTS) is 2. The minimum atomic E-state index is -1.33. The first-order chi connectivity index (χ1) is 7.07. The molecular weight excluding hydrogens is 208 g/mol. The molecule has 0 spiro atoms. The van der Waals surface area contributed by atoms with E-state index in [4.69, 9.17) is 19.7 Å². The molecule has 0 aliphatic heterocycles. The van der Waals surface area contributed by atoms with E-state index in [0.717, 1.165) is 0 Å². The summed E-state index contributed by atoms with van der Waals surface area (Å²) in [7, 11) is 0. The fourth-order valence-electron chi connectivity index (χ4n) is 0.716. The minimum absolute atomic E-state index is 0.00313. The topological polar surface area (TPSA) is 102 Å². The Morgan fingerprint density at radius 1 is 1.20 bits per heavy atom. The van der Waals surface area contributed by atoms with Crippen LogP contribution in [-0.2, 0) is 23.8 Å². The Hall–Kier alpha value is -1.18. The molecule has 7 heteroatoms. The van der Waals surface area contributed by atoms with Crippen LogP contribution < -0.4 is 0 Å². The summed E-state index contributed by atoms with van der Waals surface area (Å²) < 4.78 is 14.2. The number of aliphatic carboxylic acids is 2. The largest absolute Gasteiger partial charge is 0.480 e. The van der Waals surface area contributed by atoms with Gasteiger partial charge in [0.15, 0.2) is 0 Å². The standard InChI is InChI=1S/C8H14O7/c1-2-14-8(7(11)12)15-4-3-13-5-6(9)10/h8H,2-5H2,1H3,(H,9,10)(H,11,12). The molecule has 0 saturated carbocycles. The van der Waals surface area contributed by atoms with E-state index in [-0.39, 0.29) is 19.8 Å². The molecule has 2 N–H and O–H groups in total. The van der Waals surface area contributed by atoms with E-state index in [1.807, 2.05) is 0 Å². The molecule has 0 heterocycles. The van der Waals surface area contributed by atoms with E-state index in [9.17, 15) is 9.59 Å². The van der Waals surface area contributed by atoms with Crippen molar-refractivity contribution in [1.82, 2.24) is 0 Å². The summed E-state index contributed by atoms with van der Waals surface area (Å²) in [5.41, 5.74) is 0. The van der Waals surface area contributed by atoms with Gasteiger partial charge in [-0.15, -0.1) is 0 Å². The molecule has 0 fully saturated rings. The molecule has 0 bridgehead atoms. The van der Waals surface area contributed by atoms with Gasteiger partial charge in [-0.1, -0.05) is 0 Å². The fourth-order valence-corrected chi connectivity index (χ4v) is 0.716. The summed E-state index contributed by atoms with van der Waals surface area (Å²) in [6, 6.07) is 0. The predicted molar refractivity (Wildman–Crippen MR) is 47.5 cm³/mol. The van der Waals surface area contributed by atoms with Crippen molar-refractivity contribution in [1.29, 1.82) is 0 Å². The highest BCUT2D eigenvalue weighted by Crippen LogP contribution is 1.95. The predicted octanol–water partition coefficient (Wildman–Crippen LogP) is -0.449. The van der Waals surface area contributed by atoms with Crippen molar-refractivity contribution >= 4 is 11.9 Å². The van der Waals surface area contributed by atoms with E-state index in [1.54, 1.807) is 6.92 Å². The molecular formula is C8H14O7. The molecule has 0 aromatic rings. The van der Waals surface area contributed by atoms with Crippen molar-refractivity contribution in [2.75, 3.05) is 26.4 Å². The minimum Gasteiger partial charge on any atom is -0.480 e. The summed E-state index contributed by atoms with van der Waals surface area (Å²) in [6.45, 7) is 1.39. The Morgan fingerprint density at radius 3 is 2.33 bits per heavy atom. The zero-order valence-corrected chi connectivity index (χ0v) is 8.34. The highest BCUT2D eigenvalue weighted by molar-refractivity contribution is 5.70. The van der Waals surface area contributed by atoms with Crippen LogP contribution in [0, 0.1) is 0 Å². The van der Waals surface area contributed by atoms with E-state index in [2.05, 4.69) is 4.74 Å². The van der Waals surface area contributed by atoms with Crippen LogP contribution in [0.3, 0.4) is 0 Å². The molecule has 0 aromatic heterocycles. The molecule has 15 heavy (non-hydrogen) atoms. The van der Waals surface area contributed by atoms with Crippen molar-refractivity contribution in [3.05, 3.63) is 0 Å². The van der Waals surface area contributed by atoms with Crippen molar-refractivity contribution < 1.29 is 34.0 Å². The Labute approximate surface area is 86.5 Å². The van der Waals surface area contributed by atoms with Crippen LogP contribution in [0.5, 0.6) is 0 Å². The van der Waals surface area contributed by atoms with Crippen molar-refractivity contribution in [3.63, 3.8) is 0 Å². The third-order valence-corrected chi connectivity index (χ3v) is 1.24. The van der Waals surface area contributed by atoms with Gasteiger partial charge in [-0.3, -0.25) is 0 Å². The first-order valence-electron chi connectivity index (χ1n) is 4.33. The molecule has 0 radical (unpaired) electrons. The Kier molecular flexibility index (Phi) is 7.51. The van der Waals surface area contributed by atoms with Crippen molar-refractivity contribution in [3.8, 4) is 0 Å². The smallest absolute Gasteiger partial charge is 0.361 e. The second-order valence-electron chi connectivity index (χ2n) is 2.44. The van der Waals surface area contributed by atoms with E-state index in [1.165, 1.54) is 0 Å². The lowest BCUT2D eigenvalue weighted by Crippen LogP contribution is -2.28. The van der Waals surface area contributed by atoms with Gasteiger partial charge in [-0.25, -0.2) is 9.59 Å². The number of ether oxygens (including phenoxy) is 3. The van der Waals surface area contributed by atoms with Crippen LogP contribution >= 0.6 is 0 Å². The average Bonchev–Trinajstić information content (AvgIpc) is 2.15. The van der Waals surface area contributed by atoms with Gasteiger partial charge in [0, 0.05) is 6.61 Å². The lowest BCUT2D eigenvalue weighted by atomic mass is 10.6. The van der Waals surface area contributed by atoms with Crippen LogP contribution in [-0.4, -0.2) is 54.9 Å². The maximum absolute atomic E-state index is 10.5. The quantitative estimate of drug-likeness (QED) is 0.402. The van der Waals surface area contributed by atoms with E-state index >= 15 is 0 Å². The third kappa shape index (κ3) is 7.86. The monoisotopic (exact) mass is 222 g/mol. The van der Waals surface area contributed by atoms with Gasteiger partial charge in [0.05, 0.1) is 13.2 Å². The number of hydrogen-bond donors (Lipinski definition) is 2. The molecule has 0 amide bonds. The summed E-state index contributed by atoms with van der Waals surface area (Å²) in [6.07, 6.45) is -1.33. The second-order valence-corrected chi connectivity index (χ2v) is 2.44. The summed E-state index contributed by atoms with van der Waals surface area (Å²) in [5.74, 6) is -2.32. The lowest BCUT2D eigenvalue weighted by Gasteiger charge is -2.12. The van der Waals surface area contributed by atoms with Gasteiger partial charge in [0.25, 0.3) is 6.29 Å². The number of carbonyl (C=O) groups is 2. The van der Waals surface area contributed by atoms with Crippen molar-refractivity contribution in [2.24, 2.45) is 0 Å². The van der Waals surface area contributed by atoms with Crippen LogP contribution in [0.1, 0.15) is 6.92 Å². The Bertz CT molecular complexity index is 203. The Morgan fingerprint density at radius 2 is 1.87 bits per heavy atom. The molecule has 0 aromatic carbocycles. The average molecular weight is 222 g/mol. The number of hydrogen-bond acceptors (Lipinski definition) is 5. The van der Waals surface area contributed by atoms with E-state index in [0.29, 0.717) is 0 Å². The maximum Gasteiger partial charge on any atom is 0.361 e. The van der Waals surface area contributed by atoms with Gasteiger partial charge >= 0.3 is 11.9 Å². The molecule has 0 rings (SSSR count). The highest BCUT2D eigenvalue weighted by atomic mass is 16.7. The zero-order chi connectivity index (χ0) is 11.7. The van der Waals surface area contributed by atoms with Gasteiger partial charge in [-0.2, -0.15) is 0 Å². The van der Waals surface area contributed by atoms with Crippen LogP contribution in [0.2, 0.25) is 0 Å². The molecule has 0 saturated heterocycles. The number of carboxylic acids is 2.